The standard InChI is InChI=1S/C14H12N2O2/c15-8-9-4-3-7-12(9)16-13(17)10-5-1-2-6-11(10)14(16)18/h1-2,5-6,9,12H,3-4,7H2. The Bertz CT molecular complexity index is 538. The van der Waals surface area contributed by atoms with Crippen LogP contribution in [-0.4, -0.2) is 22.8 Å². The molecule has 0 radical (unpaired) electrons. The number of carbonyl (C=O) groups excluding carboxylic acids is 2. The van der Waals surface area contributed by atoms with E-state index in [4.69, 9.17) is 5.26 Å². The third-order valence-corrected chi connectivity index (χ3v) is 3.80. The number of rotatable bonds is 1. The topological polar surface area (TPSA) is 61.2 Å². The maximum atomic E-state index is 12.3. The van der Waals surface area contributed by atoms with Crippen molar-refractivity contribution in [1.82, 2.24) is 4.90 Å². The normalized spacial score (nSPS) is 26.3. The third-order valence-electron chi connectivity index (χ3n) is 3.80. The van der Waals surface area contributed by atoms with Crippen molar-refractivity contribution >= 4 is 11.8 Å². The molecule has 0 aromatic heterocycles. The van der Waals surface area contributed by atoms with Crippen molar-refractivity contribution in [2.75, 3.05) is 0 Å². The second-order valence-corrected chi connectivity index (χ2v) is 4.76. The summed E-state index contributed by atoms with van der Waals surface area (Å²) < 4.78 is 0. The van der Waals surface area contributed by atoms with Gasteiger partial charge in [0.25, 0.3) is 11.8 Å². The van der Waals surface area contributed by atoms with Crippen LogP contribution in [0, 0.1) is 17.2 Å². The molecule has 4 nitrogen and oxygen atoms in total. The molecule has 2 atom stereocenters. The summed E-state index contributed by atoms with van der Waals surface area (Å²) in [4.78, 5) is 25.8. The molecule has 1 saturated carbocycles. The van der Waals surface area contributed by atoms with Gasteiger partial charge in [-0.25, -0.2) is 0 Å². The van der Waals surface area contributed by atoms with Gasteiger partial charge in [0.2, 0.25) is 0 Å². The zero-order chi connectivity index (χ0) is 12.7. The molecular formula is C14H12N2O2. The molecule has 3 rings (SSSR count). The van der Waals surface area contributed by atoms with E-state index in [0.29, 0.717) is 11.1 Å². The molecule has 2 aliphatic rings. The van der Waals surface area contributed by atoms with E-state index in [9.17, 15) is 9.59 Å². The van der Waals surface area contributed by atoms with E-state index in [2.05, 4.69) is 6.07 Å². The summed E-state index contributed by atoms with van der Waals surface area (Å²) in [5, 5.41) is 9.09. The third kappa shape index (κ3) is 1.37. The van der Waals surface area contributed by atoms with Gasteiger partial charge in [0, 0.05) is 0 Å². The molecular weight excluding hydrogens is 228 g/mol. The molecule has 2 unspecified atom stereocenters. The fourth-order valence-corrected chi connectivity index (χ4v) is 2.91. The number of fused-ring (bicyclic) bond motifs is 1. The zero-order valence-corrected chi connectivity index (χ0v) is 9.80. The van der Waals surface area contributed by atoms with Gasteiger partial charge < -0.3 is 0 Å². The highest BCUT2D eigenvalue weighted by molar-refractivity contribution is 6.21. The number of hydrogen-bond donors (Lipinski definition) is 0. The van der Waals surface area contributed by atoms with Crippen LogP contribution in [0.1, 0.15) is 40.0 Å². The van der Waals surface area contributed by atoms with Crippen LogP contribution < -0.4 is 0 Å². The molecule has 1 aromatic carbocycles. The molecule has 18 heavy (non-hydrogen) atoms. The van der Waals surface area contributed by atoms with Gasteiger partial charge in [0.1, 0.15) is 0 Å². The number of imide groups is 1. The second-order valence-electron chi connectivity index (χ2n) is 4.76. The highest BCUT2D eigenvalue weighted by Crippen LogP contribution is 2.34. The van der Waals surface area contributed by atoms with Gasteiger partial charge in [-0.05, 0) is 31.4 Å². The first-order valence-electron chi connectivity index (χ1n) is 6.10. The molecule has 2 amide bonds. The van der Waals surface area contributed by atoms with Crippen LogP contribution in [0.25, 0.3) is 0 Å². The van der Waals surface area contributed by atoms with Crippen molar-refractivity contribution in [3.63, 3.8) is 0 Å². The summed E-state index contributed by atoms with van der Waals surface area (Å²) in [6.45, 7) is 0. The van der Waals surface area contributed by atoms with Crippen LogP contribution in [0.2, 0.25) is 0 Å². The van der Waals surface area contributed by atoms with Crippen molar-refractivity contribution in [3.05, 3.63) is 35.4 Å². The number of nitrogens with zero attached hydrogens (tertiary/aromatic N) is 2. The lowest BCUT2D eigenvalue weighted by Crippen LogP contribution is -2.41. The predicted molar refractivity (Wildman–Crippen MR) is 63.7 cm³/mol. The molecule has 0 N–H and O–H groups in total. The average Bonchev–Trinajstić information content (AvgIpc) is 2.95. The zero-order valence-electron chi connectivity index (χ0n) is 9.80. The van der Waals surface area contributed by atoms with Crippen molar-refractivity contribution in [2.24, 2.45) is 5.92 Å². The summed E-state index contributed by atoms with van der Waals surface area (Å²) in [6, 6.07) is 8.82. The lowest BCUT2D eigenvalue weighted by molar-refractivity contribution is 0.0567. The Morgan fingerprint density at radius 3 is 2.28 bits per heavy atom. The van der Waals surface area contributed by atoms with Crippen LogP contribution in [0.15, 0.2) is 24.3 Å². The van der Waals surface area contributed by atoms with E-state index >= 15 is 0 Å². The SMILES string of the molecule is N#CC1CCCC1N1C(=O)c2ccccc2C1=O. The Morgan fingerprint density at radius 2 is 1.72 bits per heavy atom. The number of amides is 2. The molecule has 0 saturated heterocycles. The Morgan fingerprint density at radius 1 is 1.11 bits per heavy atom. The van der Waals surface area contributed by atoms with E-state index in [1.165, 1.54) is 4.90 Å². The first-order valence-corrected chi connectivity index (χ1v) is 6.10. The molecule has 1 aromatic rings. The van der Waals surface area contributed by atoms with E-state index in [1.54, 1.807) is 24.3 Å². The van der Waals surface area contributed by atoms with E-state index in [1.807, 2.05) is 0 Å². The van der Waals surface area contributed by atoms with E-state index in [-0.39, 0.29) is 23.8 Å². The smallest absolute Gasteiger partial charge is 0.261 e. The van der Waals surface area contributed by atoms with Gasteiger partial charge in [-0.15, -0.1) is 0 Å². The molecule has 0 bridgehead atoms. The second kappa shape index (κ2) is 3.95. The predicted octanol–water partition coefficient (Wildman–Crippen LogP) is 1.97. The fraction of sp³-hybridized carbons (Fsp3) is 0.357. The molecule has 0 spiro atoms. The first-order chi connectivity index (χ1) is 8.74. The van der Waals surface area contributed by atoms with Crippen molar-refractivity contribution < 1.29 is 9.59 Å². The molecule has 90 valence electrons. The summed E-state index contributed by atoms with van der Waals surface area (Å²) in [5.41, 5.74) is 0.928. The van der Waals surface area contributed by atoms with Gasteiger partial charge in [-0.3, -0.25) is 14.5 Å². The Labute approximate surface area is 105 Å². The number of benzene rings is 1. The van der Waals surface area contributed by atoms with Crippen LogP contribution in [0.4, 0.5) is 0 Å². The maximum absolute atomic E-state index is 12.3. The van der Waals surface area contributed by atoms with Crippen molar-refractivity contribution in [2.45, 2.75) is 25.3 Å². The van der Waals surface area contributed by atoms with Crippen molar-refractivity contribution in [3.8, 4) is 6.07 Å². The van der Waals surface area contributed by atoms with Crippen LogP contribution in [0.5, 0.6) is 0 Å². The van der Waals surface area contributed by atoms with Crippen LogP contribution in [0.3, 0.4) is 0 Å². The Hall–Kier alpha value is -2.15. The highest BCUT2D eigenvalue weighted by atomic mass is 16.2. The monoisotopic (exact) mass is 240 g/mol. The lowest BCUT2D eigenvalue weighted by atomic mass is 10.0. The van der Waals surface area contributed by atoms with Gasteiger partial charge in [0.05, 0.1) is 29.2 Å². The molecule has 1 aliphatic heterocycles. The number of nitriles is 1. The quantitative estimate of drug-likeness (QED) is 0.705. The minimum absolute atomic E-state index is 0.216. The number of carbonyl (C=O) groups is 2. The minimum Gasteiger partial charge on any atom is -0.270 e. The lowest BCUT2D eigenvalue weighted by Gasteiger charge is -2.24. The summed E-state index contributed by atoms with van der Waals surface area (Å²) in [5.74, 6) is -0.710. The van der Waals surface area contributed by atoms with Crippen LogP contribution >= 0.6 is 0 Å². The van der Waals surface area contributed by atoms with E-state index < -0.39 is 0 Å². The fourth-order valence-electron chi connectivity index (χ4n) is 2.91. The van der Waals surface area contributed by atoms with Crippen molar-refractivity contribution in [1.29, 1.82) is 5.26 Å². The summed E-state index contributed by atoms with van der Waals surface area (Å²) in [7, 11) is 0. The van der Waals surface area contributed by atoms with Gasteiger partial charge in [-0.1, -0.05) is 12.1 Å². The summed E-state index contributed by atoms with van der Waals surface area (Å²) >= 11 is 0. The maximum Gasteiger partial charge on any atom is 0.261 e. The average molecular weight is 240 g/mol. The largest absolute Gasteiger partial charge is 0.270 e. The highest BCUT2D eigenvalue weighted by Gasteiger charge is 2.44. The van der Waals surface area contributed by atoms with Gasteiger partial charge in [0.15, 0.2) is 0 Å². The Balaban J connectivity index is 2.00. The molecule has 1 aliphatic carbocycles. The minimum atomic E-state index is -0.248. The molecule has 1 fully saturated rings. The van der Waals surface area contributed by atoms with Crippen LogP contribution in [-0.2, 0) is 0 Å². The molecule has 1 heterocycles. The number of hydrogen-bond acceptors (Lipinski definition) is 3. The summed E-state index contributed by atoms with van der Waals surface area (Å²) in [6.07, 6.45) is 2.41. The Kier molecular flexibility index (Phi) is 2.41. The first kappa shape index (κ1) is 11.0. The molecule has 4 heteroatoms. The van der Waals surface area contributed by atoms with Gasteiger partial charge >= 0.3 is 0 Å². The van der Waals surface area contributed by atoms with E-state index in [0.717, 1.165) is 19.3 Å². The van der Waals surface area contributed by atoms with Gasteiger partial charge in [-0.2, -0.15) is 5.26 Å².